The number of para-hydroxylation sites is 1. The van der Waals surface area contributed by atoms with Gasteiger partial charge in [0.15, 0.2) is 6.61 Å². The molecule has 2 aromatic heterocycles. The topological polar surface area (TPSA) is 68.3 Å². The Hall–Kier alpha value is -2.25. The number of carbonyl (C=O) groups is 2. The summed E-state index contributed by atoms with van der Waals surface area (Å²) < 4.78 is 6.15. The highest BCUT2D eigenvalue weighted by Crippen LogP contribution is 2.34. The number of hydrogen-bond acceptors (Lipinski definition) is 6. The number of nitrogens with one attached hydrogen (secondary N) is 1. The van der Waals surface area contributed by atoms with Crippen LogP contribution in [-0.2, 0) is 9.53 Å². The Labute approximate surface area is 147 Å². The summed E-state index contributed by atoms with van der Waals surface area (Å²) in [5.41, 5.74) is 0.947. The van der Waals surface area contributed by atoms with Crippen molar-refractivity contribution in [3.63, 3.8) is 0 Å². The zero-order valence-electron chi connectivity index (χ0n) is 13.1. The second kappa shape index (κ2) is 7.55. The largest absolute Gasteiger partial charge is 0.451 e. The zero-order valence-corrected chi connectivity index (χ0v) is 14.7. The lowest BCUT2D eigenvalue weighted by atomic mass is 10.3. The van der Waals surface area contributed by atoms with Crippen LogP contribution in [0.25, 0.3) is 20.1 Å². The highest BCUT2D eigenvalue weighted by Gasteiger charge is 2.15. The van der Waals surface area contributed by atoms with E-state index in [4.69, 9.17) is 4.74 Å². The molecule has 0 atom stereocenters. The van der Waals surface area contributed by atoms with Gasteiger partial charge in [0.25, 0.3) is 5.91 Å². The van der Waals surface area contributed by atoms with Gasteiger partial charge in [0.05, 0.1) is 15.1 Å². The summed E-state index contributed by atoms with van der Waals surface area (Å²) >= 11 is 2.91. The van der Waals surface area contributed by atoms with Crippen LogP contribution in [0.3, 0.4) is 0 Å². The third-order valence-electron chi connectivity index (χ3n) is 3.22. The van der Waals surface area contributed by atoms with Crippen molar-refractivity contribution >= 4 is 44.8 Å². The second-order valence-electron chi connectivity index (χ2n) is 5.08. The highest BCUT2D eigenvalue weighted by molar-refractivity contribution is 7.26. The van der Waals surface area contributed by atoms with Gasteiger partial charge in [0.1, 0.15) is 9.88 Å². The van der Waals surface area contributed by atoms with Gasteiger partial charge in [0, 0.05) is 6.54 Å². The predicted molar refractivity (Wildman–Crippen MR) is 96.5 cm³/mol. The number of ether oxygens (including phenoxy) is 1. The van der Waals surface area contributed by atoms with Crippen molar-refractivity contribution in [1.82, 2.24) is 10.3 Å². The van der Waals surface area contributed by atoms with Crippen molar-refractivity contribution < 1.29 is 14.3 Å². The molecule has 3 aromatic rings. The lowest BCUT2D eigenvalue weighted by molar-refractivity contribution is -0.124. The average molecular weight is 360 g/mol. The van der Waals surface area contributed by atoms with Gasteiger partial charge in [-0.15, -0.1) is 22.7 Å². The van der Waals surface area contributed by atoms with Crippen LogP contribution >= 0.6 is 22.7 Å². The lowest BCUT2D eigenvalue weighted by Crippen LogP contribution is -2.29. The van der Waals surface area contributed by atoms with Crippen molar-refractivity contribution in [2.45, 2.75) is 13.3 Å². The summed E-state index contributed by atoms with van der Waals surface area (Å²) in [4.78, 5) is 29.5. The second-order valence-corrected chi connectivity index (χ2v) is 7.19. The van der Waals surface area contributed by atoms with Crippen LogP contribution < -0.4 is 5.32 Å². The molecular weight excluding hydrogens is 344 g/mol. The monoisotopic (exact) mass is 360 g/mol. The van der Waals surface area contributed by atoms with Gasteiger partial charge in [-0.1, -0.05) is 19.1 Å². The van der Waals surface area contributed by atoms with Crippen LogP contribution in [0.15, 0.2) is 36.4 Å². The fraction of sp³-hybridized carbons (Fsp3) is 0.235. The van der Waals surface area contributed by atoms with E-state index in [9.17, 15) is 9.59 Å². The molecule has 0 radical (unpaired) electrons. The summed E-state index contributed by atoms with van der Waals surface area (Å²) in [6.07, 6.45) is 0.843. The van der Waals surface area contributed by atoms with Gasteiger partial charge in [-0.2, -0.15) is 0 Å². The summed E-state index contributed by atoms with van der Waals surface area (Å²) in [5.74, 6) is -0.771. The number of thiazole rings is 1. The number of benzene rings is 1. The van der Waals surface area contributed by atoms with E-state index in [-0.39, 0.29) is 12.5 Å². The fourth-order valence-corrected chi connectivity index (χ4v) is 3.98. The van der Waals surface area contributed by atoms with E-state index >= 15 is 0 Å². The molecule has 1 amide bonds. The highest BCUT2D eigenvalue weighted by atomic mass is 32.1. The Kier molecular flexibility index (Phi) is 5.22. The number of amides is 1. The molecule has 1 aromatic carbocycles. The van der Waals surface area contributed by atoms with Crippen LogP contribution in [0.4, 0.5) is 0 Å². The Balaban J connectivity index is 1.66. The number of esters is 1. The summed E-state index contributed by atoms with van der Waals surface area (Å²) in [7, 11) is 0. The van der Waals surface area contributed by atoms with Crippen molar-refractivity contribution in [3.05, 3.63) is 41.3 Å². The Bertz CT molecular complexity index is 836. The third kappa shape index (κ3) is 3.80. The fourth-order valence-electron chi connectivity index (χ4n) is 2.06. The molecule has 0 aliphatic carbocycles. The summed E-state index contributed by atoms with van der Waals surface area (Å²) in [6, 6.07) is 11.5. The number of nitrogens with zero attached hydrogens (tertiary/aromatic N) is 1. The number of rotatable bonds is 6. The standard InChI is InChI=1S/C17H16N2O3S2/c1-2-9-18-15(20)10-22-17(21)14-8-7-13(23-14)16-19-11-5-3-4-6-12(11)24-16/h3-8H,2,9-10H2,1H3,(H,18,20). The number of thiophene rings is 1. The number of aromatic nitrogens is 1. The minimum absolute atomic E-state index is 0.257. The van der Waals surface area contributed by atoms with Crippen LogP contribution in [-0.4, -0.2) is 30.0 Å². The van der Waals surface area contributed by atoms with E-state index in [1.807, 2.05) is 37.3 Å². The lowest BCUT2D eigenvalue weighted by Gasteiger charge is -2.04. The quantitative estimate of drug-likeness (QED) is 0.681. The molecule has 0 bridgehead atoms. The van der Waals surface area contributed by atoms with Crippen molar-refractivity contribution in [1.29, 1.82) is 0 Å². The van der Waals surface area contributed by atoms with E-state index in [1.165, 1.54) is 11.3 Å². The van der Waals surface area contributed by atoms with Crippen molar-refractivity contribution in [2.24, 2.45) is 0 Å². The molecule has 0 saturated heterocycles. The summed E-state index contributed by atoms with van der Waals surface area (Å²) in [5, 5.41) is 3.54. The molecule has 0 aliphatic heterocycles. The minimum Gasteiger partial charge on any atom is -0.451 e. The smallest absolute Gasteiger partial charge is 0.348 e. The molecule has 124 valence electrons. The van der Waals surface area contributed by atoms with E-state index in [0.717, 1.165) is 26.5 Å². The maximum atomic E-state index is 12.0. The molecule has 7 heteroatoms. The molecule has 0 spiro atoms. The molecule has 5 nitrogen and oxygen atoms in total. The zero-order chi connectivity index (χ0) is 16.9. The predicted octanol–water partition coefficient (Wildman–Crippen LogP) is 3.71. The first kappa shape index (κ1) is 16.6. The average Bonchev–Trinajstić information content (AvgIpc) is 3.23. The van der Waals surface area contributed by atoms with Gasteiger partial charge in [0.2, 0.25) is 0 Å². The van der Waals surface area contributed by atoms with Gasteiger partial charge >= 0.3 is 5.97 Å². The first-order valence-electron chi connectivity index (χ1n) is 7.57. The van der Waals surface area contributed by atoms with Crippen LogP contribution in [0.5, 0.6) is 0 Å². The number of carbonyl (C=O) groups excluding carboxylic acids is 2. The first-order valence-corrected chi connectivity index (χ1v) is 9.20. The first-order chi connectivity index (χ1) is 11.7. The van der Waals surface area contributed by atoms with Crippen LogP contribution in [0.2, 0.25) is 0 Å². The number of fused-ring (bicyclic) bond motifs is 1. The normalized spacial score (nSPS) is 10.7. The Morgan fingerprint density at radius 1 is 1.17 bits per heavy atom. The molecule has 0 aliphatic rings. The molecular formula is C17H16N2O3S2. The maximum absolute atomic E-state index is 12.0. The van der Waals surface area contributed by atoms with Gasteiger partial charge in [-0.05, 0) is 30.7 Å². The molecule has 1 N–H and O–H groups in total. The SMILES string of the molecule is CCCNC(=O)COC(=O)c1ccc(-c2nc3ccccc3s2)s1. The maximum Gasteiger partial charge on any atom is 0.348 e. The molecule has 0 saturated carbocycles. The molecule has 0 unspecified atom stereocenters. The van der Waals surface area contributed by atoms with Crippen molar-refractivity contribution in [3.8, 4) is 9.88 Å². The third-order valence-corrected chi connectivity index (χ3v) is 5.49. The van der Waals surface area contributed by atoms with E-state index in [0.29, 0.717) is 11.4 Å². The van der Waals surface area contributed by atoms with E-state index in [2.05, 4.69) is 10.3 Å². The minimum atomic E-state index is -0.487. The molecule has 24 heavy (non-hydrogen) atoms. The summed E-state index contributed by atoms with van der Waals surface area (Å²) in [6.45, 7) is 2.28. The van der Waals surface area contributed by atoms with Gasteiger partial charge in [-0.3, -0.25) is 4.79 Å². The molecule has 2 heterocycles. The Morgan fingerprint density at radius 2 is 2.00 bits per heavy atom. The van der Waals surface area contributed by atoms with Crippen LogP contribution in [0, 0.1) is 0 Å². The molecule has 0 fully saturated rings. The van der Waals surface area contributed by atoms with E-state index in [1.54, 1.807) is 17.4 Å². The Morgan fingerprint density at radius 3 is 2.79 bits per heavy atom. The van der Waals surface area contributed by atoms with Crippen LogP contribution in [0.1, 0.15) is 23.0 Å². The molecule has 3 rings (SSSR count). The van der Waals surface area contributed by atoms with Gasteiger partial charge < -0.3 is 10.1 Å². The van der Waals surface area contributed by atoms with Gasteiger partial charge in [-0.25, -0.2) is 9.78 Å². The van der Waals surface area contributed by atoms with E-state index < -0.39 is 5.97 Å². The number of hydrogen-bond donors (Lipinski definition) is 1. The van der Waals surface area contributed by atoms with Crippen molar-refractivity contribution in [2.75, 3.05) is 13.2 Å².